The van der Waals surface area contributed by atoms with Crippen molar-refractivity contribution in [3.63, 3.8) is 0 Å². The molecule has 23 heavy (non-hydrogen) atoms. The van der Waals surface area contributed by atoms with Gasteiger partial charge in [-0.2, -0.15) is 0 Å². The maximum atomic E-state index is 12.0. The molecular weight excluding hydrogens is 308 g/mol. The molecule has 1 amide bonds. The van der Waals surface area contributed by atoms with E-state index in [-0.39, 0.29) is 0 Å². The van der Waals surface area contributed by atoms with Crippen LogP contribution in [0.3, 0.4) is 0 Å². The SMILES string of the molecule is CCCC(=O)N1CCN(c2ccc3nc(NCC)sc3c2)CC1. The Morgan fingerprint density at radius 2 is 2.04 bits per heavy atom. The monoisotopic (exact) mass is 332 g/mol. The van der Waals surface area contributed by atoms with Gasteiger partial charge in [-0.1, -0.05) is 18.3 Å². The summed E-state index contributed by atoms with van der Waals surface area (Å²) < 4.78 is 1.21. The highest BCUT2D eigenvalue weighted by Gasteiger charge is 2.21. The second-order valence-corrected chi connectivity index (χ2v) is 6.85. The molecule has 0 atom stereocenters. The number of piperazine rings is 1. The third-order valence-electron chi connectivity index (χ3n) is 4.16. The van der Waals surface area contributed by atoms with Crippen LogP contribution in [0, 0.1) is 0 Å². The molecule has 2 aromatic rings. The molecule has 3 rings (SSSR count). The highest BCUT2D eigenvalue weighted by molar-refractivity contribution is 7.22. The number of aromatic nitrogens is 1. The van der Waals surface area contributed by atoms with Gasteiger partial charge in [0, 0.05) is 44.8 Å². The molecule has 2 heterocycles. The second-order valence-electron chi connectivity index (χ2n) is 5.82. The minimum Gasteiger partial charge on any atom is -0.368 e. The highest BCUT2D eigenvalue weighted by atomic mass is 32.1. The number of carbonyl (C=O) groups is 1. The van der Waals surface area contributed by atoms with Crippen molar-refractivity contribution in [1.82, 2.24) is 9.88 Å². The van der Waals surface area contributed by atoms with Crippen molar-refractivity contribution in [3.05, 3.63) is 18.2 Å². The minimum absolute atomic E-state index is 0.292. The van der Waals surface area contributed by atoms with E-state index in [1.54, 1.807) is 11.3 Å². The van der Waals surface area contributed by atoms with Crippen molar-refractivity contribution in [2.45, 2.75) is 26.7 Å². The van der Waals surface area contributed by atoms with Gasteiger partial charge in [0.15, 0.2) is 5.13 Å². The smallest absolute Gasteiger partial charge is 0.222 e. The van der Waals surface area contributed by atoms with Crippen LogP contribution < -0.4 is 10.2 Å². The van der Waals surface area contributed by atoms with Crippen LogP contribution in [0.15, 0.2) is 18.2 Å². The minimum atomic E-state index is 0.292. The fraction of sp³-hybridized carbons (Fsp3) is 0.529. The van der Waals surface area contributed by atoms with E-state index in [4.69, 9.17) is 0 Å². The van der Waals surface area contributed by atoms with Gasteiger partial charge in [-0.15, -0.1) is 0 Å². The summed E-state index contributed by atoms with van der Waals surface area (Å²) in [7, 11) is 0. The normalized spacial score (nSPS) is 15.2. The third kappa shape index (κ3) is 3.58. The standard InChI is InChI=1S/C17H24N4OS/c1-3-5-16(22)21-10-8-20(9-11-21)13-6-7-14-15(12-13)23-17(19-14)18-4-2/h6-7,12H,3-5,8-11H2,1-2H3,(H,18,19). The molecule has 0 aliphatic carbocycles. The summed E-state index contributed by atoms with van der Waals surface area (Å²) in [6, 6.07) is 6.45. The van der Waals surface area contributed by atoms with Gasteiger partial charge in [0.1, 0.15) is 0 Å². The highest BCUT2D eigenvalue weighted by Crippen LogP contribution is 2.30. The van der Waals surface area contributed by atoms with Gasteiger partial charge < -0.3 is 15.1 Å². The Hall–Kier alpha value is -1.82. The van der Waals surface area contributed by atoms with Crippen molar-refractivity contribution in [1.29, 1.82) is 0 Å². The number of hydrogen-bond acceptors (Lipinski definition) is 5. The van der Waals surface area contributed by atoms with E-state index in [1.165, 1.54) is 10.4 Å². The van der Waals surface area contributed by atoms with E-state index >= 15 is 0 Å². The quantitative estimate of drug-likeness (QED) is 0.913. The van der Waals surface area contributed by atoms with Crippen LogP contribution in [-0.2, 0) is 4.79 Å². The predicted molar refractivity (Wildman–Crippen MR) is 97.5 cm³/mol. The van der Waals surface area contributed by atoms with Crippen LogP contribution in [0.2, 0.25) is 0 Å². The Morgan fingerprint density at radius 3 is 2.74 bits per heavy atom. The zero-order valence-corrected chi connectivity index (χ0v) is 14.7. The van der Waals surface area contributed by atoms with E-state index in [1.807, 2.05) is 4.90 Å². The van der Waals surface area contributed by atoms with E-state index in [9.17, 15) is 4.79 Å². The number of rotatable bonds is 5. The summed E-state index contributed by atoms with van der Waals surface area (Å²) in [5.41, 5.74) is 2.28. The van der Waals surface area contributed by atoms with Crippen molar-refractivity contribution < 1.29 is 4.79 Å². The molecule has 0 radical (unpaired) electrons. The van der Waals surface area contributed by atoms with E-state index in [2.05, 4.69) is 47.2 Å². The molecule has 1 aliphatic rings. The lowest BCUT2D eigenvalue weighted by atomic mass is 10.2. The Kier molecular flexibility index (Phi) is 5.00. The van der Waals surface area contributed by atoms with Gasteiger partial charge in [0.2, 0.25) is 5.91 Å². The Bertz CT molecular complexity index is 676. The molecular formula is C17H24N4OS. The largest absolute Gasteiger partial charge is 0.368 e. The molecule has 0 spiro atoms. The lowest BCUT2D eigenvalue weighted by Crippen LogP contribution is -2.48. The van der Waals surface area contributed by atoms with E-state index in [0.29, 0.717) is 12.3 Å². The number of amides is 1. The molecule has 0 saturated carbocycles. The van der Waals surface area contributed by atoms with Crippen LogP contribution in [0.25, 0.3) is 10.2 Å². The number of nitrogens with one attached hydrogen (secondary N) is 1. The third-order valence-corrected chi connectivity index (χ3v) is 5.14. The first kappa shape index (κ1) is 16.1. The van der Waals surface area contributed by atoms with E-state index in [0.717, 1.165) is 49.8 Å². The molecule has 0 unspecified atom stereocenters. The van der Waals surface area contributed by atoms with Gasteiger partial charge in [-0.3, -0.25) is 4.79 Å². The molecule has 0 bridgehead atoms. The molecule has 1 aromatic carbocycles. The Balaban J connectivity index is 1.68. The van der Waals surface area contributed by atoms with Crippen molar-refractivity contribution >= 4 is 38.3 Å². The zero-order chi connectivity index (χ0) is 16.2. The van der Waals surface area contributed by atoms with Crippen molar-refractivity contribution in [2.75, 3.05) is 42.9 Å². The first-order valence-corrected chi connectivity index (χ1v) is 9.20. The fourth-order valence-electron chi connectivity index (χ4n) is 2.92. The lowest BCUT2D eigenvalue weighted by molar-refractivity contribution is -0.131. The maximum Gasteiger partial charge on any atom is 0.222 e. The molecule has 1 aromatic heterocycles. The number of nitrogens with zero attached hydrogens (tertiary/aromatic N) is 3. The summed E-state index contributed by atoms with van der Waals surface area (Å²) >= 11 is 1.70. The average molecular weight is 332 g/mol. The van der Waals surface area contributed by atoms with Gasteiger partial charge in [-0.25, -0.2) is 4.98 Å². The van der Waals surface area contributed by atoms with Gasteiger partial charge in [0.25, 0.3) is 0 Å². The summed E-state index contributed by atoms with van der Waals surface area (Å²) in [6.07, 6.45) is 1.59. The second kappa shape index (κ2) is 7.17. The molecule has 124 valence electrons. The summed E-state index contributed by atoms with van der Waals surface area (Å²) in [6.45, 7) is 8.47. The van der Waals surface area contributed by atoms with Crippen molar-refractivity contribution in [3.8, 4) is 0 Å². The maximum absolute atomic E-state index is 12.0. The van der Waals surface area contributed by atoms with Crippen LogP contribution >= 0.6 is 11.3 Å². The van der Waals surface area contributed by atoms with Gasteiger partial charge in [0.05, 0.1) is 10.2 Å². The number of fused-ring (bicyclic) bond motifs is 1. The zero-order valence-electron chi connectivity index (χ0n) is 13.8. The Labute approximate surface area is 141 Å². The summed E-state index contributed by atoms with van der Waals surface area (Å²) in [4.78, 5) is 20.9. The molecule has 1 fully saturated rings. The summed E-state index contributed by atoms with van der Waals surface area (Å²) in [5.74, 6) is 0.292. The average Bonchev–Trinajstić information content (AvgIpc) is 2.97. The molecule has 1 aliphatic heterocycles. The number of anilines is 2. The van der Waals surface area contributed by atoms with Crippen LogP contribution in [0.4, 0.5) is 10.8 Å². The predicted octanol–water partition coefficient (Wildman–Crippen LogP) is 3.18. The number of benzene rings is 1. The summed E-state index contributed by atoms with van der Waals surface area (Å²) in [5, 5.41) is 4.26. The molecule has 5 nitrogen and oxygen atoms in total. The first-order chi connectivity index (χ1) is 11.2. The van der Waals surface area contributed by atoms with E-state index < -0.39 is 0 Å². The fourth-order valence-corrected chi connectivity index (χ4v) is 3.89. The first-order valence-electron chi connectivity index (χ1n) is 8.38. The molecule has 6 heteroatoms. The molecule has 1 saturated heterocycles. The van der Waals surface area contributed by atoms with Crippen LogP contribution in [0.5, 0.6) is 0 Å². The van der Waals surface area contributed by atoms with Crippen molar-refractivity contribution in [2.24, 2.45) is 0 Å². The van der Waals surface area contributed by atoms with Gasteiger partial charge >= 0.3 is 0 Å². The number of hydrogen-bond donors (Lipinski definition) is 1. The lowest BCUT2D eigenvalue weighted by Gasteiger charge is -2.36. The molecule has 1 N–H and O–H groups in total. The Morgan fingerprint density at radius 1 is 1.26 bits per heavy atom. The number of thiazole rings is 1. The number of carbonyl (C=O) groups excluding carboxylic acids is 1. The van der Waals surface area contributed by atoms with Crippen LogP contribution in [-0.4, -0.2) is 48.5 Å². The van der Waals surface area contributed by atoms with Crippen LogP contribution in [0.1, 0.15) is 26.7 Å². The van der Waals surface area contributed by atoms with Gasteiger partial charge in [-0.05, 0) is 31.5 Å². The topological polar surface area (TPSA) is 48.5 Å².